The molecule has 1 heterocycles. The molecule has 0 aromatic carbocycles. The maximum Gasteiger partial charge on any atom is 0.0794 e. The Morgan fingerprint density at radius 3 is 3.14 bits per heavy atom. The minimum atomic E-state index is 0.307. The predicted molar refractivity (Wildman–Crippen MR) is 62.8 cm³/mol. The van der Waals surface area contributed by atoms with Crippen molar-refractivity contribution in [2.45, 2.75) is 13.0 Å². The zero-order valence-electron chi connectivity index (χ0n) is 8.11. The van der Waals surface area contributed by atoms with Crippen LogP contribution >= 0.6 is 23.1 Å². The van der Waals surface area contributed by atoms with Crippen molar-refractivity contribution in [3.8, 4) is 0 Å². The molecule has 1 aromatic heterocycles. The molecule has 0 atom stereocenters. The monoisotopic (exact) mass is 232 g/mol. The van der Waals surface area contributed by atoms with Gasteiger partial charge in [0, 0.05) is 36.5 Å². The molecule has 5 heteroatoms. The summed E-state index contributed by atoms with van der Waals surface area (Å²) in [6, 6.07) is 0. The number of thioether (sulfide) groups is 1. The van der Waals surface area contributed by atoms with Crippen LogP contribution in [0.15, 0.2) is 11.7 Å². The topological polar surface area (TPSA) is 45.1 Å². The molecule has 0 saturated carbocycles. The summed E-state index contributed by atoms with van der Waals surface area (Å²) >= 11 is 3.56. The first-order valence-electron chi connectivity index (χ1n) is 4.70. The Morgan fingerprint density at radius 1 is 1.50 bits per heavy atom. The number of rotatable bonds is 8. The maximum atomic E-state index is 8.56. The van der Waals surface area contributed by atoms with Crippen LogP contribution in [0.3, 0.4) is 0 Å². The molecule has 0 fully saturated rings. The van der Waals surface area contributed by atoms with E-state index < -0.39 is 0 Å². The summed E-state index contributed by atoms with van der Waals surface area (Å²) in [5, 5.41) is 11.9. The highest BCUT2D eigenvalue weighted by Crippen LogP contribution is 2.04. The van der Waals surface area contributed by atoms with Gasteiger partial charge in [-0.15, -0.1) is 11.3 Å². The zero-order chi connectivity index (χ0) is 10.1. The van der Waals surface area contributed by atoms with E-state index in [1.165, 1.54) is 4.88 Å². The SMILES string of the molecule is OCCCSCCNCc1cncs1. The van der Waals surface area contributed by atoms with Crippen molar-refractivity contribution in [3.63, 3.8) is 0 Å². The van der Waals surface area contributed by atoms with Gasteiger partial charge >= 0.3 is 0 Å². The third-order valence-corrected chi connectivity index (χ3v) is 3.50. The molecule has 0 amide bonds. The molecule has 80 valence electrons. The second-order valence-electron chi connectivity index (χ2n) is 2.83. The van der Waals surface area contributed by atoms with Crippen molar-refractivity contribution >= 4 is 23.1 Å². The van der Waals surface area contributed by atoms with E-state index in [0.29, 0.717) is 6.61 Å². The van der Waals surface area contributed by atoms with Gasteiger partial charge in [0.2, 0.25) is 0 Å². The van der Waals surface area contributed by atoms with Crippen molar-refractivity contribution in [2.24, 2.45) is 0 Å². The van der Waals surface area contributed by atoms with Crippen molar-refractivity contribution in [2.75, 3.05) is 24.7 Å². The van der Waals surface area contributed by atoms with Crippen LogP contribution < -0.4 is 5.32 Å². The molecule has 0 aliphatic heterocycles. The number of hydrogen-bond donors (Lipinski definition) is 2. The molecule has 0 unspecified atom stereocenters. The van der Waals surface area contributed by atoms with E-state index in [2.05, 4.69) is 10.3 Å². The standard InChI is InChI=1S/C9H16N2OS2/c12-3-1-4-13-5-2-10-6-9-7-11-8-14-9/h7-8,10,12H,1-6H2. The molecule has 0 radical (unpaired) electrons. The number of thiazole rings is 1. The Morgan fingerprint density at radius 2 is 2.43 bits per heavy atom. The molecule has 1 aromatic rings. The minimum Gasteiger partial charge on any atom is -0.396 e. The van der Waals surface area contributed by atoms with Gasteiger partial charge in [-0.3, -0.25) is 4.98 Å². The molecule has 1 rings (SSSR count). The van der Waals surface area contributed by atoms with Gasteiger partial charge in [0.05, 0.1) is 5.51 Å². The van der Waals surface area contributed by atoms with E-state index in [4.69, 9.17) is 5.11 Å². The van der Waals surface area contributed by atoms with E-state index in [0.717, 1.165) is 31.0 Å². The van der Waals surface area contributed by atoms with Crippen LogP contribution in [-0.4, -0.2) is 34.7 Å². The third kappa shape index (κ3) is 5.59. The Balaban J connectivity index is 1.85. The Bertz CT molecular complexity index is 217. The zero-order valence-corrected chi connectivity index (χ0v) is 9.74. The minimum absolute atomic E-state index is 0.307. The average Bonchev–Trinajstić information content (AvgIpc) is 2.69. The van der Waals surface area contributed by atoms with Crippen molar-refractivity contribution in [1.82, 2.24) is 10.3 Å². The lowest BCUT2D eigenvalue weighted by atomic mass is 10.5. The molecule has 0 saturated heterocycles. The lowest BCUT2D eigenvalue weighted by Gasteiger charge is -2.02. The Labute approximate surface area is 92.9 Å². The number of nitrogens with zero attached hydrogens (tertiary/aromatic N) is 1. The van der Waals surface area contributed by atoms with Gasteiger partial charge in [-0.2, -0.15) is 11.8 Å². The van der Waals surface area contributed by atoms with Gasteiger partial charge < -0.3 is 10.4 Å². The smallest absolute Gasteiger partial charge is 0.0794 e. The summed E-state index contributed by atoms with van der Waals surface area (Å²) in [6.45, 7) is 2.25. The third-order valence-electron chi connectivity index (χ3n) is 1.65. The first-order valence-corrected chi connectivity index (χ1v) is 6.73. The number of aliphatic hydroxyl groups excluding tert-OH is 1. The van der Waals surface area contributed by atoms with Gasteiger partial charge in [-0.25, -0.2) is 0 Å². The van der Waals surface area contributed by atoms with Crippen LogP contribution in [0.1, 0.15) is 11.3 Å². The maximum absolute atomic E-state index is 8.56. The summed E-state index contributed by atoms with van der Waals surface area (Å²) < 4.78 is 0. The highest BCUT2D eigenvalue weighted by atomic mass is 32.2. The first-order chi connectivity index (χ1) is 6.93. The molecule has 2 N–H and O–H groups in total. The van der Waals surface area contributed by atoms with Crippen LogP contribution in [0, 0.1) is 0 Å². The van der Waals surface area contributed by atoms with Crippen LogP contribution in [0.2, 0.25) is 0 Å². The lowest BCUT2D eigenvalue weighted by Crippen LogP contribution is -2.16. The first kappa shape index (κ1) is 12.0. The van der Waals surface area contributed by atoms with Crippen LogP contribution in [-0.2, 0) is 6.54 Å². The fourth-order valence-electron chi connectivity index (χ4n) is 0.954. The normalized spacial score (nSPS) is 10.6. The van der Waals surface area contributed by atoms with Gasteiger partial charge in [0.25, 0.3) is 0 Å². The van der Waals surface area contributed by atoms with Gasteiger partial charge in [-0.1, -0.05) is 0 Å². The summed E-state index contributed by atoms with van der Waals surface area (Å²) in [5.74, 6) is 2.16. The van der Waals surface area contributed by atoms with Crippen molar-refractivity contribution < 1.29 is 5.11 Å². The van der Waals surface area contributed by atoms with E-state index in [1.807, 2.05) is 23.5 Å². The van der Waals surface area contributed by atoms with Crippen LogP contribution in [0.5, 0.6) is 0 Å². The largest absolute Gasteiger partial charge is 0.396 e. The highest BCUT2D eigenvalue weighted by molar-refractivity contribution is 7.99. The number of nitrogens with one attached hydrogen (secondary N) is 1. The molecule has 14 heavy (non-hydrogen) atoms. The number of aliphatic hydroxyl groups is 1. The van der Waals surface area contributed by atoms with E-state index in [1.54, 1.807) is 11.3 Å². The number of aromatic nitrogens is 1. The molecule has 3 nitrogen and oxygen atoms in total. The molecule has 0 aliphatic carbocycles. The molecular weight excluding hydrogens is 216 g/mol. The summed E-state index contributed by atoms with van der Waals surface area (Å²) in [5.41, 5.74) is 1.85. The summed E-state index contributed by atoms with van der Waals surface area (Å²) in [4.78, 5) is 5.29. The second-order valence-corrected chi connectivity index (χ2v) is 5.03. The Hall–Kier alpha value is -0.100. The van der Waals surface area contributed by atoms with E-state index in [-0.39, 0.29) is 0 Å². The summed E-state index contributed by atoms with van der Waals surface area (Å²) in [7, 11) is 0. The van der Waals surface area contributed by atoms with E-state index in [9.17, 15) is 0 Å². The van der Waals surface area contributed by atoms with Gasteiger partial charge in [0.15, 0.2) is 0 Å². The van der Waals surface area contributed by atoms with Crippen molar-refractivity contribution in [1.29, 1.82) is 0 Å². The fraction of sp³-hybridized carbons (Fsp3) is 0.667. The van der Waals surface area contributed by atoms with Crippen LogP contribution in [0.25, 0.3) is 0 Å². The Kier molecular flexibility index (Phi) is 7.04. The van der Waals surface area contributed by atoms with Gasteiger partial charge in [-0.05, 0) is 12.2 Å². The van der Waals surface area contributed by atoms with Crippen molar-refractivity contribution in [3.05, 3.63) is 16.6 Å². The average molecular weight is 232 g/mol. The van der Waals surface area contributed by atoms with Gasteiger partial charge in [0.1, 0.15) is 0 Å². The second kappa shape index (κ2) is 8.23. The summed E-state index contributed by atoms with van der Waals surface area (Å²) in [6.07, 6.45) is 2.80. The molecular formula is C9H16N2OS2. The molecule has 0 aliphatic rings. The highest BCUT2D eigenvalue weighted by Gasteiger charge is 1.93. The van der Waals surface area contributed by atoms with E-state index >= 15 is 0 Å². The van der Waals surface area contributed by atoms with Crippen LogP contribution in [0.4, 0.5) is 0 Å². The predicted octanol–water partition coefficient (Wildman–Crippen LogP) is 1.35. The fourth-order valence-corrected chi connectivity index (χ4v) is 2.34. The number of hydrogen-bond acceptors (Lipinski definition) is 5. The molecule has 0 spiro atoms. The quantitative estimate of drug-likeness (QED) is 0.664. The lowest BCUT2D eigenvalue weighted by molar-refractivity contribution is 0.296. The molecule has 0 bridgehead atoms.